The van der Waals surface area contributed by atoms with Crippen LogP contribution in [-0.4, -0.2) is 22.5 Å². The molecule has 0 bridgehead atoms. The molecule has 0 spiro atoms. The number of carbonyl (C=O) groups is 1. The van der Waals surface area contributed by atoms with Crippen LogP contribution in [0.2, 0.25) is 5.02 Å². The largest absolute Gasteiger partial charge is 0.461 e. The van der Waals surface area contributed by atoms with Gasteiger partial charge >= 0.3 is 5.97 Å². The second kappa shape index (κ2) is 6.94. The molecule has 0 N–H and O–H groups in total. The second-order valence-electron chi connectivity index (χ2n) is 4.88. The third-order valence-corrected chi connectivity index (χ3v) is 4.59. The number of para-hydroxylation sites is 1. The zero-order valence-electron chi connectivity index (χ0n) is 12.3. The van der Waals surface area contributed by atoms with E-state index in [-0.39, 0.29) is 22.9 Å². The Morgan fingerprint density at radius 1 is 1.29 bits per heavy atom. The molecule has 8 heteroatoms. The van der Waals surface area contributed by atoms with Gasteiger partial charge in [0, 0.05) is 17.5 Å². The van der Waals surface area contributed by atoms with E-state index in [9.17, 15) is 14.9 Å². The highest BCUT2D eigenvalue weighted by Crippen LogP contribution is 2.24. The van der Waals surface area contributed by atoms with Crippen molar-refractivity contribution in [2.45, 2.75) is 6.42 Å². The van der Waals surface area contributed by atoms with Crippen molar-refractivity contribution in [1.29, 1.82) is 0 Å². The fourth-order valence-electron chi connectivity index (χ4n) is 2.16. The van der Waals surface area contributed by atoms with Crippen molar-refractivity contribution in [3.05, 3.63) is 68.2 Å². The van der Waals surface area contributed by atoms with E-state index in [0.717, 1.165) is 21.3 Å². The van der Waals surface area contributed by atoms with Gasteiger partial charge in [0.1, 0.15) is 5.56 Å². The van der Waals surface area contributed by atoms with Crippen LogP contribution >= 0.6 is 22.9 Å². The normalized spacial score (nSPS) is 10.7. The average molecular weight is 363 g/mol. The number of nitro benzene ring substituents is 1. The third-order valence-electron chi connectivity index (χ3n) is 3.26. The number of hydrogen-bond donors (Lipinski definition) is 0. The Hall–Kier alpha value is -2.51. The first-order valence-electron chi connectivity index (χ1n) is 7.00. The van der Waals surface area contributed by atoms with Gasteiger partial charge in [-0.15, -0.1) is 11.3 Å². The van der Waals surface area contributed by atoms with Gasteiger partial charge in [0.05, 0.1) is 26.8 Å². The smallest absolute Gasteiger partial charge is 0.345 e. The summed E-state index contributed by atoms with van der Waals surface area (Å²) in [5, 5.41) is 12.0. The molecule has 0 saturated carbocycles. The Bertz CT molecular complexity index is 892. The Morgan fingerprint density at radius 2 is 2.08 bits per heavy atom. The average Bonchev–Trinajstić information content (AvgIpc) is 2.97. The van der Waals surface area contributed by atoms with Crippen molar-refractivity contribution in [3.8, 4) is 0 Å². The fourth-order valence-corrected chi connectivity index (χ4v) is 3.28. The van der Waals surface area contributed by atoms with E-state index in [2.05, 4.69) is 4.98 Å². The van der Waals surface area contributed by atoms with Crippen LogP contribution in [0, 0.1) is 10.1 Å². The highest BCUT2D eigenvalue weighted by molar-refractivity contribution is 7.18. The number of nitro groups is 1. The summed E-state index contributed by atoms with van der Waals surface area (Å²) >= 11 is 7.25. The molecule has 0 saturated heterocycles. The number of ether oxygens (including phenoxy) is 1. The van der Waals surface area contributed by atoms with Gasteiger partial charge in [0.2, 0.25) is 0 Å². The Balaban J connectivity index is 1.66. The zero-order valence-corrected chi connectivity index (χ0v) is 13.8. The van der Waals surface area contributed by atoms with Crippen LogP contribution in [-0.2, 0) is 11.2 Å². The third kappa shape index (κ3) is 3.52. The first kappa shape index (κ1) is 16.4. The molecule has 3 aromatic rings. The number of carbonyl (C=O) groups excluding carboxylic acids is 1. The van der Waals surface area contributed by atoms with E-state index in [0.29, 0.717) is 6.42 Å². The minimum Gasteiger partial charge on any atom is -0.461 e. The van der Waals surface area contributed by atoms with Crippen molar-refractivity contribution in [3.63, 3.8) is 0 Å². The minimum absolute atomic E-state index is 0.0957. The minimum atomic E-state index is -0.750. The van der Waals surface area contributed by atoms with Gasteiger partial charge in [-0.2, -0.15) is 0 Å². The van der Waals surface area contributed by atoms with Crippen LogP contribution in [0.5, 0.6) is 0 Å². The molecular weight excluding hydrogens is 352 g/mol. The topological polar surface area (TPSA) is 82.3 Å². The van der Waals surface area contributed by atoms with E-state index in [1.807, 2.05) is 24.3 Å². The summed E-state index contributed by atoms with van der Waals surface area (Å²) in [6.07, 6.45) is 0.451. The molecule has 0 amide bonds. The lowest BCUT2D eigenvalue weighted by Gasteiger charge is -2.04. The quantitative estimate of drug-likeness (QED) is 0.385. The maximum Gasteiger partial charge on any atom is 0.345 e. The van der Waals surface area contributed by atoms with Crippen LogP contribution in [0.1, 0.15) is 15.4 Å². The predicted octanol–water partition coefficient (Wildman–Crippen LogP) is 4.26. The summed E-state index contributed by atoms with van der Waals surface area (Å²) < 4.78 is 6.20. The van der Waals surface area contributed by atoms with Crippen molar-refractivity contribution >= 4 is 44.8 Å². The molecule has 0 unspecified atom stereocenters. The van der Waals surface area contributed by atoms with Crippen LogP contribution in [0.3, 0.4) is 0 Å². The standard InChI is InChI=1S/C16H11ClN2O4S/c17-10-5-6-11(13(9-10)19(21)22)16(20)23-8-7-15-18-12-3-1-2-4-14(12)24-15/h1-6,9H,7-8H2. The van der Waals surface area contributed by atoms with Crippen molar-refractivity contribution in [1.82, 2.24) is 4.98 Å². The van der Waals surface area contributed by atoms with Crippen molar-refractivity contribution < 1.29 is 14.5 Å². The van der Waals surface area contributed by atoms with Gasteiger partial charge in [0.25, 0.3) is 5.69 Å². The zero-order chi connectivity index (χ0) is 17.1. The first-order valence-corrected chi connectivity index (χ1v) is 8.19. The number of benzene rings is 2. The van der Waals surface area contributed by atoms with Gasteiger partial charge in [-0.05, 0) is 24.3 Å². The number of nitrogens with zero attached hydrogens (tertiary/aromatic N) is 2. The molecule has 6 nitrogen and oxygen atoms in total. The van der Waals surface area contributed by atoms with Gasteiger partial charge in [-0.1, -0.05) is 23.7 Å². The Kier molecular flexibility index (Phi) is 4.73. The van der Waals surface area contributed by atoms with Gasteiger partial charge in [-0.25, -0.2) is 9.78 Å². The molecule has 0 aliphatic rings. The molecule has 2 aromatic carbocycles. The first-order chi connectivity index (χ1) is 11.5. The molecule has 1 heterocycles. The number of hydrogen-bond acceptors (Lipinski definition) is 6. The van der Waals surface area contributed by atoms with Gasteiger partial charge in [0.15, 0.2) is 0 Å². The molecule has 24 heavy (non-hydrogen) atoms. The molecule has 0 aliphatic heterocycles. The van der Waals surface area contributed by atoms with Crippen LogP contribution in [0.15, 0.2) is 42.5 Å². The number of thiazole rings is 1. The molecular formula is C16H11ClN2O4S. The summed E-state index contributed by atoms with van der Waals surface area (Å²) in [5.74, 6) is -0.750. The van der Waals surface area contributed by atoms with Crippen LogP contribution in [0.25, 0.3) is 10.2 Å². The summed E-state index contributed by atoms with van der Waals surface area (Å²) in [7, 11) is 0. The number of halogens is 1. The lowest BCUT2D eigenvalue weighted by atomic mass is 10.2. The van der Waals surface area contributed by atoms with Gasteiger partial charge in [-0.3, -0.25) is 10.1 Å². The van der Waals surface area contributed by atoms with E-state index < -0.39 is 10.9 Å². The van der Waals surface area contributed by atoms with Crippen LogP contribution < -0.4 is 0 Å². The highest BCUT2D eigenvalue weighted by atomic mass is 35.5. The molecule has 0 aliphatic carbocycles. The predicted molar refractivity (Wildman–Crippen MR) is 91.7 cm³/mol. The fraction of sp³-hybridized carbons (Fsp3) is 0.125. The number of fused-ring (bicyclic) bond motifs is 1. The van der Waals surface area contributed by atoms with Gasteiger partial charge < -0.3 is 4.74 Å². The Morgan fingerprint density at radius 3 is 2.83 bits per heavy atom. The molecule has 0 atom stereocenters. The van der Waals surface area contributed by atoms with E-state index >= 15 is 0 Å². The molecule has 3 rings (SSSR count). The molecule has 122 valence electrons. The summed E-state index contributed by atoms with van der Waals surface area (Å²) in [6.45, 7) is 0.0957. The SMILES string of the molecule is O=C(OCCc1nc2ccccc2s1)c1ccc(Cl)cc1[N+](=O)[O-]. The van der Waals surface area contributed by atoms with E-state index in [4.69, 9.17) is 16.3 Å². The van der Waals surface area contributed by atoms with Crippen LogP contribution in [0.4, 0.5) is 5.69 Å². The van der Waals surface area contributed by atoms with E-state index in [1.165, 1.54) is 23.5 Å². The monoisotopic (exact) mass is 362 g/mol. The van der Waals surface area contributed by atoms with Crippen molar-refractivity contribution in [2.75, 3.05) is 6.61 Å². The number of rotatable bonds is 5. The van der Waals surface area contributed by atoms with E-state index in [1.54, 1.807) is 0 Å². The van der Waals surface area contributed by atoms with Crippen molar-refractivity contribution in [2.24, 2.45) is 0 Å². The molecule has 1 aromatic heterocycles. The number of aromatic nitrogens is 1. The maximum absolute atomic E-state index is 12.1. The maximum atomic E-state index is 12.1. The number of esters is 1. The molecule has 0 fully saturated rings. The summed E-state index contributed by atoms with van der Waals surface area (Å²) in [4.78, 5) is 26.8. The lowest BCUT2D eigenvalue weighted by molar-refractivity contribution is -0.385. The highest BCUT2D eigenvalue weighted by Gasteiger charge is 2.21. The Labute approximate surface area is 145 Å². The molecule has 0 radical (unpaired) electrons. The summed E-state index contributed by atoms with van der Waals surface area (Å²) in [6, 6.07) is 11.6. The summed E-state index contributed by atoms with van der Waals surface area (Å²) in [5.41, 5.74) is 0.415. The lowest BCUT2D eigenvalue weighted by Crippen LogP contribution is -2.10. The second-order valence-corrected chi connectivity index (χ2v) is 6.43.